The second-order valence-electron chi connectivity index (χ2n) is 3.81. The van der Waals surface area contributed by atoms with Crippen LogP contribution in [0.15, 0.2) is 0 Å². The molecule has 1 aliphatic rings. The summed E-state index contributed by atoms with van der Waals surface area (Å²) in [4.78, 5) is 13.4. The topological polar surface area (TPSA) is 53.6 Å². The third-order valence-corrected chi connectivity index (χ3v) is 2.67. The summed E-state index contributed by atoms with van der Waals surface area (Å²) in [6.45, 7) is 3.07. The molecule has 2 amide bonds. The van der Waals surface area contributed by atoms with Crippen LogP contribution >= 0.6 is 0 Å². The number of ether oxygens (including phenoxy) is 1. The summed E-state index contributed by atoms with van der Waals surface area (Å²) in [5.41, 5.74) is 0. The lowest BCUT2D eigenvalue weighted by molar-refractivity contribution is 0.133. The van der Waals surface area contributed by atoms with Crippen LogP contribution < -0.4 is 10.6 Å². The zero-order chi connectivity index (χ0) is 11.1. The van der Waals surface area contributed by atoms with Gasteiger partial charge in [0.25, 0.3) is 0 Å². The van der Waals surface area contributed by atoms with Gasteiger partial charge >= 0.3 is 6.03 Å². The summed E-state index contributed by atoms with van der Waals surface area (Å²) < 4.78 is 4.95. The third kappa shape index (κ3) is 4.05. The molecule has 1 aliphatic heterocycles. The van der Waals surface area contributed by atoms with E-state index in [1.54, 1.807) is 12.0 Å². The van der Waals surface area contributed by atoms with Crippen molar-refractivity contribution in [3.8, 4) is 0 Å². The lowest BCUT2D eigenvalue weighted by atomic mass is 10.1. The van der Waals surface area contributed by atoms with E-state index < -0.39 is 0 Å². The highest BCUT2D eigenvalue weighted by molar-refractivity contribution is 5.75. The minimum absolute atomic E-state index is 0.0411. The van der Waals surface area contributed by atoms with Gasteiger partial charge in [-0.2, -0.15) is 0 Å². The maximum absolute atomic E-state index is 11.6. The highest BCUT2D eigenvalue weighted by atomic mass is 16.5. The van der Waals surface area contributed by atoms with Crippen molar-refractivity contribution in [1.82, 2.24) is 15.5 Å². The first-order valence-electron chi connectivity index (χ1n) is 5.47. The van der Waals surface area contributed by atoms with Crippen molar-refractivity contribution in [2.24, 2.45) is 0 Å². The predicted octanol–water partition coefficient (Wildman–Crippen LogP) is 0.0262. The Balaban J connectivity index is 2.24. The normalized spacial score (nSPS) is 21.6. The van der Waals surface area contributed by atoms with Crippen molar-refractivity contribution in [2.45, 2.75) is 18.9 Å². The van der Waals surface area contributed by atoms with Gasteiger partial charge < -0.3 is 20.3 Å². The minimum atomic E-state index is 0.0411. The Morgan fingerprint density at radius 3 is 3.07 bits per heavy atom. The summed E-state index contributed by atoms with van der Waals surface area (Å²) >= 11 is 0. The van der Waals surface area contributed by atoms with Crippen molar-refractivity contribution in [3.63, 3.8) is 0 Å². The van der Waals surface area contributed by atoms with Gasteiger partial charge in [-0.15, -0.1) is 0 Å². The third-order valence-electron chi connectivity index (χ3n) is 2.67. The Morgan fingerprint density at radius 2 is 2.47 bits per heavy atom. The standard InChI is InChI=1S/C10H21N3O2/c1-11-5-3-9-4-6-13(7-8-15-2)10(14)12-9/h9,11H,3-8H2,1-2H3,(H,12,14). The van der Waals surface area contributed by atoms with E-state index in [2.05, 4.69) is 10.6 Å². The van der Waals surface area contributed by atoms with Crippen LogP contribution in [0.1, 0.15) is 12.8 Å². The molecule has 0 saturated carbocycles. The minimum Gasteiger partial charge on any atom is -0.383 e. The number of hydrogen-bond acceptors (Lipinski definition) is 3. The van der Waals surface area contributed by atoms with Crippen molar-refractivity contribution in [1.29, 1.82) is 0 Å². The number of hydrogen-bond donors (Lipinski definition) is 2. The molecule has 88 valence electrons. The smallest absolute Gasteiger partial charge is 0.317 e. The molecule has 1 unspecified atom stereocenters. The highest BCUT2D eigenvalue weighted by Gasteiger charge is 2.23. The van der Waals surface area contributed by atoms with Gasteiger partial charge in [0.1, 0.15) is 0 Å². The summed E-state index contributed by atoms with van der Waals surface area (Å²) in [5.74, 6) is 0. The number of methoxy groups -OCH3 is 1. The lowest BCUT2D eigenvalue weighted by Crippen LogP contribution is -2.52. The Morgan fingerprint density at radius 1 is 1.67 bits per heavy atom. The summed E-state index contributed by atoms with van der Waals surface area (Å²) in [6, 6.07) is 0.364. The second-order valence-corrected chi connectivity index (χ2v) is 3.81. The van der Waals surface area contributed by atoms with E-state index in [-0.39, 0.29) is 6.03 Å². The fraction of sp³-hybridized carbons (Fsp3) is 0.900. The van der Waals surface area contributed by atoms with Gasteiger partial charge in [-0.1, -0.05) is 0 Å². The predicted molar refractivity (Wildman–Crippen MR) is 58.9 cm³/mol. The first-order valence-corrected chi connectivity index (χ1v) is 5.47. The molecule has 0 spiro atoms. The molecule has 0 bridgehead atoms. The van der Waals surface area contributed by atoms with E-state index >= 15 is 0 Å². The molecule has 0 aromatic heterocycles. The average Bonchev–Trinajstić information content (AvgIpc) is 2.25. The van der Waals surface area contributed by atoms with Gasteiger partial charge in [-0.25, -0.2) is 4.79 Å². The van der Waals surface area contributed by atoms with E-state index in [9.17, 15) is 4.79 Å². The molecule has 0 aromatic carbocycles. The molecule has 1 rings (SSSR count). The molecule has 1 heterocycles. The molecule has 1 saturated heterocycles. The van der Waals surface area contributed by atoms with Crippen LogP contribution in [-0.4, -0.2) is 57.4 Å². The molecule has 1 fully saturated rings. The van der Waals surface area contributed by atoms with Gasteiger partial charge in [0.05, 0.1) is 6.61 Å². The Hall–Kier alpha value is -0.810. The first kappa shape index (κ1) is 12.3. The van der Waals surface area contributed by atoms with Gasteiger partial charge in [-0.3, -0.25) is 0 Å². The molecule has 1 atom stereocenters. The zero-order valence-corrected chi connectivity index (χ0v) is 9.58. The number of carbonyl (C=O) groups is 1. The van der Waals surface area contributed by atoms with Gasteiger partial charge in [0.15, 0.2) is 0 Å². The van der Waals surface area contributed by atoms with Crippen LogP contribution in [0.2, 0.25) is 0 Å². The first-order chi connectivity index (χ1) is 7.27. The molecule has 0 aromatic rings. The molecular weight excluding hydrogens is 194 g/mol. The number of nitrogens with zero attached hydrogens (tertiary/aromatic N) is 1. The van der Waals surface area contributed by atoms with E-state index in [0.29, 0.717) is 19.2 Å². The van der Waals surface area contributed by atoms with E-state index in [1.807, 2.05) is 7.05 Å². The number of urea groups is 1. The van der Waals surface area contributed by atoms with Crippen LogP contribution in [-0.2, 0) is 4.74 Å². The van der Waals surface area contributed by atoms with Crippen molar-refractivity contribution in [3.05, 3.63) is 0 Å². The van der Waals surface area contributed by atoms with Crippen molar-refractivity contribution < 1.29 is 9.53 Å². The van der Waals surface area contributed by atoms with Crippen LogP contribution in [0.25, 0.3) is 0 Å². The Labute approximate surface area is 91.2 Å². The molecular formula is C10H21N3O2. The lowest BCUT2D eigenvalue weighted by Gasteiger charge is -2.32. The zero-order valence-electron chi connectivity index (χ0n) is 9.58. The maximum Gasteiger partial charge on any atom is 0.317 e. The molecule has 15 heavy (non-hydrogen) atoms. The van der Waals surface area contributed by atoms with E-state index in [0.717, 1.165) is 25.9 Å². The van der Waals surface area contributed by atoms with E-state index in [4.69, 9.17) is 4.74 Å². The maximum atomic E-state index is 11.6. The van der Waals surface area contributed by atoms with Gasteiger partial charge in [-0.05, 0) is 26.4 Å². The van der Waals surface area contributed by atoms with Gasteiger partial charge in [0, 0.05) is 26.2 Å². The fourth-order valence-electron chi connectivity index (χ4n) is 1.70. The largest absolute Gasteiger partial charge is 0.383 e. The van der Waals surface area contributed by atoms with Gasteiger partial charge in [0.2, 0.25) is 0 Å². The molecule has 5 heteroatoms. The Bertz CT molecular complexity index is 199. The van der Waals surface area contributed by atoms with Crippen LogP contribution in [0.4, 0.5) is 4.79 Å². The molecule has 2 N–H and O–H groups in total. The average molecular weight is 215 g/mol. The van der Waals surface area contributed by atoms with E-state index in [1.165, 1.54) is 0 Å². The number of rotatable bonds is 6. The molecule has 0 radical (unpaired) electrons. The summed E-state index contributed by atoms with van der Waals surface area (Å²) in [7, 11) is 3.58. The number of nitrogens with one attached hydrogen (secondary N) is 2. The molecule has 5 nitrogen and oxygen atoms in total. The fourth-order valence-corrected chi connectivity index (χ4v) is 1.70. The van der Waals surface area contributed by atoms with Crippen LogP contribution in [0.3, 0.4) is 0 Å². The van der Waals surface area contributed by atoms with Crippen molar-refractivity contribution in [2.75, 3.05) is 40.4 Å². The quantitative estimate of drug-likeness (QED) is 0.657. The highest BCUT2D eigenvalue weighted by Crippen LogP contribution is 2.07. The second kappa shape index (κ2) is 6.63. The van der Waals surface area contributed by atoms with Crippen LogP contribution in [0, 0.1) is 0 Å². The Kier molecular flexibility index (Phi) is 5.42. The monoisotopic (exact) mass is 215 g/mol. The number of carbonyl (C=O) groups excluding carboxylic acids is 1. The molecule has 0 aliphatic carbocycles. The SMILES string of the molecule is CNCCC1CCN(CCOC)C(=O)N1. The van der Waals surface area contributed by atoms with Crippen molar-refractivity contribution >= 4 is 6.03 Å². The number of amides is 2. The van der Waals surface area contributed by atoms with Crippen LogP contribution in [0.5, 0.6) is 0 Å². The summed E-state index contributed by atoms with van der Waals surface area (Å²) in [6.07, 6.45) is 2.03. The summed E-state index contributed by atoms with van der Waals surface area (Å²) in [5, 5.41) is 6.09.